The number of esters is 1. The SMILES string of the molecule is Cc1cccc(C(=O)Nc2cccc(C(=O)NN=Cc3ccccc3OC(=O)/C=C/c3ccccc3)c2)c1. The van der Waals surface area contributed by atoms with E-state index in [1.807, 2.05) is 49.4 Å². The normalized spacial score (nSPS) is 10.9. The molecule has 0 aliphatic heterocycles. The number of hydrogen-bond donors (Lipinski definition) is 2. The Morgan fingerprint density at radius 2 is 1.47 bits per heavy atom. The molecule has 0 saturated carbocycles. The number of nitrogens with zero attached hydrogens (tertiary/aromatic N) is 1. The van der Waals surface area contributed by atoms with E-state index in [4.69, 9.17) is 4.74 Å². The van der Waals surface area contributed by atoms with Crippen LogP contribution in [0, 0.1) is 6.92 Å². The Labute approximate surface area is 220 Å². The minimum absolute atomic E-state index is 0.269. The van der Waals surface area contributed by atoms with Crippen molar-refractivity contribution in [1.29, 1.82) is 0 Å². The van der Waals surface area contributed by atoms with Crippen LogP contribution in [0.2, 0.25) is 0 Å². The molecule has 0 fully saturated rings. The molecule has 0 aliphatic rings. The topological polar surface area (TPSA) is 96.9 Å². The molecule has 0 saturated heterocycles. The average Bonchev–Trinajstić information content (AvgIpc) is 2.93. The molecule has 4 rings (SSSR count). The van der Waals surface area contributed by atoms with Crippen LogP contribution in [0.15, 0.2) is 114 Å². The number of rotatable bonds is 8. The van der Waals surface area contributed by atoms with Crippen LogP contribution in [-0.2, 0) is 4.79 Å². The summed E-state index contributed by atoms with van der Waals surface area (Å²) in [6.07, 6.45) is 4.40. The van der Waals surface area contributed by atoms with Gasteiger partial charge in [0.05, 0.1) is 6.21 Å². The highest BCUT2D eigenvalue weighted by molar-refractivity contribution is 6.05. The Kier molecular flexibility index (Phi) is 8.55. The first-order chi connectivity index (χ1) is 18.5. The Balaban J connectivity index is 1.37. The summed E-state index contributed by atoms with van der Waals surface area (Å²) in [6.45, 7) is 1.91. The molecular formula is C31H25N3O4. The lowest BCUT2D eigenvalue weighted by Gasteiger charge is -2.08. The number of carbonyl (C=O) groups excluding carboxylic acids is 3. The van der Waals surface area contributed by atoms with Crippen molar-refractivity contribution in [3.05, 3.63) is 137 Å². The van der Waals surface area contributed by atoms with Gasteiger partial charge in [-0.3, -0.25) is 9.59 Å². The van der Waals surface area contributed by atoms with Crippen molar-refractivity contribution >= 4 is 35.8 Å². The molecular weight excluding hydrogens is 478 g/mol. The summed E-state index contributed by atoms with van der Waals surface area (Å²) in [4.78, 5) is 37.4. The molecule has 4 aromatic rings. The quantitative estimate of drug-likeness (QED) is 0.107. The van der Waals surface area contributed by atoms with Gasteiger partial charge in [-0.25, -0.2) is 10.2 Å². The number of amides is 2. The van der Waals surface area contributed by atoms with Crippen LogP contribution in [0.5, 0.6) is 5.75 Å². The Morgan fingerprint density at radius 3 is 2.26 bits per heavy atom. The highest BCUT2D eigenvalue weighted by Crippen LogP contribution is 2.17. The van der Waals surface area contributed by atoms with Gasteiger partial charge in [0.2, 0.25) is 0 Å². The molecule has 0 bridgehead atoms. The van der Waals surface area contributed by atoms with Crippen molar-refractivity contribution in [2.45, 2.75) is 6.92 Å². The summed E-state index contributed by atoms with van der Waals surface area (Å²) in [5.74, 6) is -0.973. The first-order valence-corrected chi connectivity index (χ1v) is 11.8. The van der Waals surface area contributed by atoms with Gasteiger partial charge in [0, 0.05) is 28.5 Å². The predicted molar refractivity (Wildman–Crippen MR) is 148 cm³/mol. The van der Waals surface area contributed by atoms with Crippen molar-refractivity contribution in [3.63, 3.8) is 0 Å². The Morgan fingerprint density at radius 1 is 0.763 bits per heavy atom. The van der Waals surface area contributed by atoms with Gasteiger partial charge in [0.25, 0.3) is 11.8 Å². The molecule has 0 atom stereocenters. The predicted octanol–water partition coefficient (Wildman–Crippen LogP) is 5.63. The first kappa shape index (κ1) is 25.8. The van der Waals surface area contributed by atoms with Gasteiger partial charge < -0.3 is 10.1 Å². The van der Waals surface area contributed by atoms with Crippen LogP contribution in [0.4, 0.5) is 5.69 Å². The van der Waals surface area contributed by atoms with E-state index < -0.39 is 11.9 Å². The lowest BCUT2D eigenvalue weighted by atomic mass is 10.1. The molecule has 0 unspecified atom stereocenters. The lowest BCUT2D eigenvalue weighted by molar-refractivity contribution is -0.128. The van der Waals surface area contributed by atoms with E-state index in [9.17, 15) is 14.4 Å². The molecule has 0 aromatic heterocycles. The molecule has 0 spiro atoms. The molecule has 4 aromatic carbocycles. The number of anilines is 1. The fourth-order valence-electron chi connectivity index (χ4n) is 3.50. The van der Waals surface area contributed by atoms with Crippen LogP contribution >= 0.6 is 0 Å². The van der Waals surface area contributed by atoms with Gasteiger partial charge in [-0.05, 0) is 61.0 Å². The number of para-hydroxylation sites is 1. The molecule has 7 nitrogen and oxygen atoms in total. The van der Waals surface area contributed by atoms with Crippen molar-refractivity contribution in [3.8, 4) is 5.75 Å². The second-order valence-corrected chi connectivity index (χ2v) is 8.31. The average molecular weight is 504 g/mol. The van der Waals surface area contributed by atoms with E-state index in [1.54, 1.807) is 66.7 Å². The summed E-state index contributed by atoms with van der Waals surface area (Å²) >= 11 is 0. The zero-order valence-electron chi connectivity index (χ0n) is 20.6. The monoisotopic (exact) mass is 503 g/mol. The van der Waals surface area contributed by atoms with Crippen molar-refractivity contribution in [2.75, 3.05) is 5.32 Å². The van der Waals surface area contributed by atoms with Crippen molar-refractivity contribution in [1.82, 2.24) is 5.43 Å². The second-order valence-electron chi connectivity index (χ2n) is 8.31. The van der Waals surface area contributed by atoms with Crippen molar-refractivity contribution < 1.29 is 19.1 Å². The molecule has 2 N–H and O–H groups in total. The highest BCUT2D eigenvalue weighted by atomic mass is 16.5. The van der Waals surface area contributed by atoms with Crippen molar-refractivity contribution in [2.24, 2.45) is 5.10 Å². The Hall–Kier alpha value is -5.30. The molecule has 188 valence electrons. The molecule has 0 aliphatic carbocycles. The third-order valence-corrected chi connectivity index (χ3v) is 5.37. The molecule has 0 radical (unpaired) electrons. The summed E-state index contributed by atoms with van der Waals surface area (Å²) in [5.41, 5.74) is 6.14. The van der Waals surface area contributed by atoms with E-state index in [2.05, 4.69) is 15.8 Å². The fraction of sp³-hybridized carbons (Fsp3) is 0.0323. The Bertz CT molecular complexity index is 1510. The zero-order chi connectivity index (χ0) is 26.7. The minimum atomic E-state index is -0.539. The number of hydrogen-bond acceptors (Lipinski definition) is 5. The van der Waals surface area contributed by atoms with Gasteiger partial charge in [0.15, 0.2) is 0 Å². The van der Waals surface area contributed by atoms with Gasteiger partial charge >= 0.3 is 5.97 Å². The fourth-order valence-corrected chi connectivity index (χ4v) is 3.50. The van der Waals surface area contributed by atoms with E-state index in [-0.39, 0.29) is 5.91 Å². The van der Waals surface area contributed by atoms with Crippen LogP contribution in [-0.4, -0.2) is 24.0 Å². The van der Waals surface area contributed by atoms with Gasteiger partial charge in [-0.1, -0.05) is 66.2 Å². The molecule has 38 heavy (non-hydrogen) atoms. The standard InChI is InChI=1S/C31H25N3O4/c1-22-9-7-13-24(19-22)30(36)33-27-15-8-14-25(20-27)31(37)34-32-21-26-12-5-6-16-28(26)38-29(35)18-17-23-10-3-2-4-11-23/h2-21H,1H3,(H,33,36)(H,34,37)/b18-17+,32-21?. The number of nitrogens with one attached hydrogen (secondary N) is 2. The van der Waals surface area contributed by atoms with Crippen LogP contribution < -0.4 is 15.5 Å². The minimum Gasteiger partial charge on any atom is -0.423 e. The molecule has 2 amide bonds. The summed E-state index contributed by atoms with van der Waals surface area (Å²) in [7, 11) is 0. The number of benzene rings is 4. The zero-order valence-corrected chi connectivity index (χ0v) is 20.6. The van der Waals surface area contributed by atoms with Crippen LogP contribution in [0.25, 0.3) is 6.08 Å². The van der Waals surface area contributed by atoms with E-state index in [1.165, 1.54) is 12.3 Å². The van der Waals surface area contributed by atoms with Gasteiger partial charge in [-0.15, -0.1) is 0 Å². The lowest BCUT2D eigenvalue weighted by Crippen LogP contribution is -2.18. The number of ether oxygens (including phenoxy) is 1. The van der Waals surface area contributed by atoms with E-state index >= 15 is 0 Å². The van der Waals surface area contributed by atoms with E-state index in [0.717, 1.165) is 11.1 Å². The van der Waals surface area contributed by atoms with Crippen LogP contribution in [0.1, 0.15) is 37.4 Å². The van der Waals surface area contributed by atoms with Gasteiger partial charge in [0.1, 0.15) is 5.75 Å². The van der Waals surface area contributed by atoms with E-state index in [0.29, 0.717) is 28.1 Å². The third kappa shape index (κ3) is 7.35. The third-order valence-electron chi connectivity index (χ3n) is 5.37. The summed E-state index contributed by atoms with van der Waals surface area (Å²) in [6, 6.07) is 30.0. The highest BCUT2D eigenvalue weighted by Gasteiger charge is 2.10. The smallest absolute Gasteiger partial charge is 0.336 e. The number of aryl methyl sites for hydroxylation is 1. The molecule has 0 heterocycles. The first-order valence-electron chi connectivity index (χ1n) is 11.8. The maximum atomic E-state index is 12.6. The largest absolute Gasteiger partial charge is 0.423 e. The van der Waals surface area contributed by atoms with Gasteiger partial charge in [-0.2, -0.15) is 5.10 Å². The van der Waals surface area contributed by atoms with Crippen LogP contribution in [0.3, 0.4) is 0 Å². The summed E-state index contributed by atoms with van der Waals surface area (Å²) in [5, 5.41) is 6.80. The maximum absolute atomic E-state index is 12.6. The summed E-state index contributed by atoms with van der Waals surface area (Å²) < 4.78 is 5.44. The second kappa shape index (κ2) is 12.6. The number of carbonyl (C=O) groups is 3. The number of hydrazone groups is 1. The molecule has 7 heteroatoms. The maximum Gasteiger partial charge on any atom is 0.336 e.